The first-order chi connectivity index (χ1) is 30.3. The molecule has 4 heterocycles. The second kappa shape index (κ2) is 20.3. The van der Waals surface area contributed by atoms with Crippen LogP contribution in [0.4, 0.5) is 20.2 Å². The van der Waals surface area contributed by atoms with Gasteiger partial charge in [0.25, 0.3) is 11.4 Å². The van der Waals surface area contributed by atoms with Gasteiger partial charge in [0.05, 0.1) is 20.9 Å². The fourth-order valence-corrected chi connectivity index (χ4v) is 6.96. The lowest BCUT2D eigenvalue weighted by molar-refractivity contribution is -0.385. The molecule has 0 saturated heterocycles. The molecule has 4 aromatic carbocycles. The Hall–Kier alpha value is -7.63. The summed E-state index contributed by atoms with van der Waals surface area (Å²) in [7, 11) is 3.52. The SMILES string of the molecule is Cc1cc(-c2nn(C)c3cc([N+](=O)[O-])c(CC=O)cc23)ccn1.Cc1cc(-c2nn(C)c3cc([N+](=O)[O-])c(CCNCc4ccc(F)cc4)cc23)ccn1.NCc1ccc(F)cc1. The molecule has 0 bridgehead atoms. The maximum absolute atomic E-state index is 13.0. The molecular formula is C46H44F2N10O5. The van der Waals surface area contributed by atoms with Crippen LogP contribution in [0.5, 0.6) is 0 Å². The second-order valence-corrected chi connectivity index (χ2v) is 14.6. The van der Waals surface area contributed by atoms with E-state index in [0.717, 1.165) is 55.8 Å². The van der Waals surface area contributed by atoms with Crippen LogP contribution in [0.1, 0.15) is 33.6 Å². The molecule has 0 aliphatic heterocycles. The average molecular weight is 855 g/mol. The van der Waals surface area contributed by atoms with Gasteiger partial charge in [-0.1, -0.05) is 24.3 Å². The molecule has 0 aliphatic rings. The molecule has 0 atom stereocenters. The number of nitro benzene ring substituents is 2. The maximum Gasteiger partial charge on any atom is 0.275 e. The Bertz CT molecular complexity index is 2920. The summed E-state index contributed by atoms with van der Waals surface area (Å²) in [6, 6.07) is 26.6. The number of aromatic nitrogens is 6. The molecule has 0 radical (unpaired) electrons. The first-order valence-corrected chi connectivity index (χ1v) is 19.7. The van der Waals surface area contributed by atoms with Crippen molar-refractivity contribution in [2.24, 2.45) is 19.8 Å². The summed E-state index contributed by atoms with van der Waals surface area (Å²) in [6.45, 7) is 5.38. The van der Waals surface area contributed by atoms with Crippen molar-refractivity contribution >= 4 is 39.5 Å². The number of halogens is 2. The van der Waals surface area contributed by atoms with Crippen LogP contribution in [0.15, 0.2) is 109 Å². The van der Waals surface area contributed by atoms with E-state index in [1.165, 1.54) is 30.3 Å². The highest BCUT2D eigenvalue weighted by Crippen LogP contribution is 2.34. The zero-order valence-electron chi connectivity index (χ0n) is 35.0. The van der Waals surface area contributed by atoms with E-state index in [2.05, 4.69) is 25.5 Å². The van der Waals surface area contributed by atoms with Gasteiger partial charge in [-0.25, -0.2) is 8.78 Å². The molecule has 4 aromatic heterocycles. The van der Waals surface area contributed by atoms with Gasteiger partial charge in [-0.05, 0) is 98.6 Å². The zero-order valence-corrected chi connectivity index (χ0v) is 35.0. The number of nitrogens with zero attached hydrogens (tertiary/aromatic N) is 8. The van der Waals surface area contributed by atoms with E-state index in [4.69, 9.17) is 5.73 Å². The number of aldehydes is 1. The summed E-state index contributed by atoms with van der Waals surface area (Å²) in [6.07, 6.45) is 4.58. The number of hydrogen-bond donors (Lipinski definition) is 2. The molecular weight excluding hydrogens is 811 g/mol. The highest BCUT2D eigenvalue weighted by Gasteiger charge is 2.22. The van der Waals surface area contributed by atoms with E-state index >= 15 is 0 Å². The first-order valence-electron chi connectivity index (χ1n) is 19.7. The van der Waals surface area contributed by atoms with Gasteiger partial charge in [0.15, 0.2) is 0 Å². The largest absolute Gasteiger partial charge is 0.326 e. The molecule has 0 saturated carbocycles. The smallest absolute Gasteiger partial charge is 0.275 e. The van der Waals surface area contributed by atoms with Crippen LogP contribution in [0, 0.1) is 45.7 Å². The number of nitrogens with one attached hydrogen (secondary N) is 1. The van der Waals surface area contributed by atoms with Crippen molar-refractivity contribution in [3.05, 3.63) is 175 Å². The lowest BCUT2D eigenvalue weighted by atomic mass is 10.0. The zero-order chi connectivity index (χ0) is 45.2. The Morgan fingerprint density at radius 3 is 1.59 bits per heavy atom. The van der Waals surface area contributed by atoms with Gasteiger partial charge in [-0.2, -0.15) is 10.2 Å². The molecule has 17 heteroatoms. The fraction of sp³-hybridized carbons (Fsp3) is 0.196. The summed E-state index contributed by atoms with van der Waals surface area (Å²) in [5.74, 6) is -0.489. The lowest BCUT2D eigenvalue weighted by Crippen LogP contribution is -2.17. The maximum atomic E-state index is 13.0. The van der Waals surface area contributed by atoms with Crippen molar-refractivity contribution in [2.75, 3.05) is 6.54 Å². The number of pyridine rings is 2. The highest BCUT2D eigenvalue weighted by atomic mass is 19.1. The molecule has 0 fully saturated rings. The van der Waals surface area contributed by atoms with Crippen LogP contribution in [-0.2, 0) is 44.8 Å². The van der Waals surface area contributed by atoms with Crippen molar-refractivity contribution in [1.82, 2.24) is 34.8 Å². The first kappa shape index (κ1) is 44.9. The summed E-state index contributed by atoms with van der Waals surface area (Å²) in [4.78, 5) is 41.3. The van der Waals surface area contributed by atoms with E-state index in [9.17, 15) is 33.8 Å². The third-order valence-corrected chi connectivity index (χ3v) is 10.1. The third kappa shape index (κ3) is 11.0. The Kier molecular flexibility index (Phi) is 14.5. The lowest BCUT2D eigenvalue weighted by Gasteiger charge is -2.07. The van der Waals surface area contributed by atoms with E-state index in [-0.39, 0.29) is 34.4 Å². The van der Waals surface area contributed by atoms with Gasteiger partial charge in [0.1, 0.15) is 29.3 Å². The van der Waals surface area contributed by atoms with Gasteiger partial charge in [0, 0.05) is 103 Å². The van der Waals surface area contributed by atoms with Crippen LogP contribution in [-0.4, -0.2) is 52.2 Å². The topological polar surface area (TPSA) is 203 Å². The Balaban J connectivity index is 0.000000180. The Morgan fingerprint density at radius 1 is 0.683 bits per heavy atom. The standard InChI is InChI=1S/C23H22FN5O2.C16H14N4O3.C7H8FN/c1-15-11-18(8-10-26-15)23-20-12-17(21(29(30)31)13-22(20)28(2)27-23)7-9-25-14-16-3-5-19(24)6-4-16;1-10-7-12(3-5-17-10)16-13-8-11(4-6-21)14(20(22)23)9-15(13)19(2)18-16;8-7-3-1-6(5-9)2-4-7/h3-6,8,10-13,25H,7,9,14H2,1-2H3;3,5-9H,4H2,1-2H3;1-4H,5,9H2. The van der Waals surface area contributed by atoms with Crippen LogP contribution in [0.2, 0.25) is 0 Å². The van der Waals surface area contributed by atoms with Crippen LogP contribution in [0.3, 0.4) is 0 Å². The van der Waals surface area contributed by atoms with Crippen molar-refractivity contribution in [1.29, 1.82) is 0 Å². The number of rotatable bonds is 12. The Morgan fingerprint density at radius 2 is 1.14 bits per heavy atom. The van der Waals surface area contributed by atoms with E-state index in [1.807, 2.05) is 44.2 Å². The van der Waals surface area contributed by atoms with Crippen molar-refractivity contribution < 1.29 is 23.4 Å². The van der Waals surface area contributed by atoms with Crippen LogP contribution in [0.25, 0.3) is 44.3 Å². The summed E-state index contributed by atoms with van der Waals surface area (Å²) in [5, 5.41) is 36.9. The molecule has 322 valence electrons. The molecule has 8 rings (SSSR count). The number of aryl methyl sites for hydroxylation is 4. The number of hydrogen-bond acceptors (Lipinski definition) is 11. The van der Waals surface area contributed by atoms with E-state index in [0.29, 0.717) is 54.5 Å². The minimum Gasteiger partial charge on any atom is -0.326 e. The van der Waals surface area contributed by atoms with Crippen LogP contribution < -0.4 is 11.1 Å². The molecule has 8 aromatic rings. The van der Waals surface area contributed by atoms with Gasteiger partial charge in [-0.3, -0.25) is 39.6 Å². The number of carbonyl (C=O) groups excluding carboxylic acids is 1. The quantitative estimate of drug-likeness (QED) is 0.0519. The van der Waals surface area contributed by atoms with Gasteiger partial charge < -0.3 is 15.8 Å². The van der Waals surface area contributed by atoms with E-state index in [1.54, 1.807) is 72.3 Å². The summed E-state index contributed by atoms with van der Waals surface area (Å²) in [5.41, 5.74) is 14.6. The second-order valence-electron chi connectivity index (χ2n) is 14.6. The van der Waals surface area contributed by atoms with Gasteiger partial charge in [-0.15, -0.1) is 0 Å². The monoisotopic (exact) mass is 854 g/mol. The normalized spacial score (nSPS) is 10.8. The van der Waals surface area contributed by atoms with E-state index < -0.39 is 4.92 Å². The Labute approximate surface area is 360 Å². The van der Waals surface area contributed by atoms with Crippen molar-refractivity contribution in [2.45, 2.75) is 39.8 Å². The highest BCUT2D eigenvalue weighted by molar-refractivity contribution is 5.96. The van der Waals surface area contributed by atoms with Gasteiger partial charge >= 0.3 is 0 Å². The third-order valence-electron chi connectivity index (χ3n) is 10.1. The van der Waals surface area contributed by atoms with Crippen molar-refractivity contribution in [3.8, 4) is 22.5 Å². The molecule has 63 heavy (non-hydrogen) atoms. The predicted octanol–water partition coefficient (Wildman–Crippen LogP) is 8.20. The minimum absolute atomic E-state index is 0.00401. The van der Waals surface area contributed by atoms with Crippen molar-refractivity contribution in [3.63, 3.8) is 0 Å². The molecule has 0 spiro atoms. The number of fused-ring (bicyclic) bond motifs is 2. The minimum atomic E-state index is -0.471. The van der Waals surface area contributed by atoms with Gasteiger partial charge in [0.2, 0.25) is 0 Å². The molecule has 0 unspecified atom stereocenters. The molecule has 0 amide bonds. The number of carbonyl (C=O) groups is 1. The summed E-state index contributed by atoms with van der Waals surface area (Å²) >= 11 is 0. The van der Waals surface area contributed by atoms with Crippen LogP contribution >= 0.6 is 0 Å². The molecule has 0 aliphatic carbocycles. The molecule has 3 N–H and O–H groups in total. The number of nitrogens with two attached hydrogens (primary N) is 1. The average Bonchev–Trinajstić information content (AvgIpc) is 3.77. The number of nitro groups is 2. The predicted molar refractivity (Wildman–Crippen MR) is 237 cm³/mol. The number of benzene rings is 4. The fourth-order valence-electron chi connectivity index (χ4n) is 6.96. The molecule has 15 nitrogen and oxygen atoms in total. The summed E-state index contributed by atoms with van der Waals surface area (Å²) < 4.78 is 28.5.